The van der Waals surface area contributed by atoms with E-state index in [-0.39, 0.29) is 37.8 Å². The quantitative estimate of drug-likeness (QED) is 0.634. The summed E-state index contributed by atoms with van der Waals surface area (Å²) in [7, 11) is -4.14. The number of amides is 1. The number of rotatable bonds is 5. The van der Waals surface area contributed by atoms with Crippen LogP contribution in [-0.4, -0.2) is 36.7 Å². The van der Waals surface area contributed by atoms with Crippen molar-refractivity contribution in [1.29, 1.82) is 0 Å². The molecule has 1 fully saturated rings. The minimum absolute atomic E-state index is 0.0273. The van der Waals surface area contributed by atoms with Crippen molar-refractivity contribution in [2.75, 3.05) is 18.4 Å². The lowest BCUT2D eigenvalue weighted by atomic mass is 9.97. The third-order valence-corrected chi connectivity index (χ3v) is 8.05. The predicted molar refractivity (Wildman–Crippen MR) is 113 cm³/mol. The SMILES string of the molecule is CC(C)c1csc(NC(=O)C2CCN(S(=O)(=O)c3ccc(Cl)c(C(F)(F)F)c3)CC2)n1. The van der Waals surface area contributed by atoms with Gasteiger partial charge in [-0.05, 0) is 37.0 Å². The molecule has 3 rings (SSSR count). The van der Waals surface area contributed by atoms with Crippen LogP contribution in [0, 0.1) is 5.92 Å². The molecule has 2 aromatic rings. The molecule has 1 N–H and O–H groups in total. The van der Waals surface area contributed by atoms with E-state index in [1.807, 2.05) is 19.2 Å². The Bertz CT molecular complexity index is 1060. The lowest BCUT2D eigenvalue weighted by Gasteiger charge is -2.30. The van der Waals surface area contributed by atoms with Crippen molar-refractivity contribution in [3.05, 3.63) is 39.9 Å². The first-order valence-electron chi connectivity index (χ1n) is 9.52. The fraction of sp³-hybridized carbons (Fsp3) is 0.474. The van der Waals surface area contributed by atoms with E-state index in [2.05, 4.69) is 10.3 Å². The Morgan fingerprint density at radius 3 is 2.48 bits per heavy atom. The number of thiazole rings is 1. The molecule has 6 nitrogen and oxygen atoms in total. The third kappa shape index (κ3) is 5.39. The van der Waals surface area contributed by atoms with E-state index in [0.29, 0.717) is 11.2 Å². The number of benzene rings is 1. The lowest BCUT2D eigenvalue weighted by molar-refractivity contribution is -0.137. The summed E-state index contributed by atoms with van der Waals surface area (Å²) < 4.78 is 66.0. The van der Waals surface area contributed by atoms with Gasteiger partial charge in [-0.1, -0.05) is 25.4 Å². The van der Waals surface area contributed by atoms with Gasteiger partial charge >= 0.3 is 6.18 Å². The Kier molecular flexibility index (Phi) is 6.99. The van der Waals surface area contributed by atoms with Crippen molar-refractivity contribution < 1.29 is 26.4 Å². The highest BCUT2D eigenvalue weighted by molar-refractivity contribution is 7.89. The topological polar surface area (TPSA) is 79.4 Å². The summed E-state index contributed by atoms with van der Waals surface area (Å²) in [6, 6.07) is 2.53. The van der Waals surface area contributed by atoms with Crippen molar-refractivity contribution in [3.8, 4) is 0 Å². The van der Waals surface area contributed by atoms with E-state index in [4.69, 9.17) is 11.6 Å². The zero-order valence-corrected chi connectivity index (χ0v) is 19.1. The van der Waals surface area contributed by atoms with Crippen molar-refractivity contribution in [3.63, 3.8) is 0 Å². The molecule has 0 unspecified atom stereocenters. The molecule has 0 atom stereocenters. The number of sulfonamides is 1. The second-order valence-electron chi connectivity index (χ2n) is 7.54. The molecular formula is C19H21ClF3N3O3S2. The van der Waals surface area contributed by atoms with Crippen LogP contribution in [0.1, 0.15) is 43.9 Å². The number of carbonyl (C=O) groups is 1. The Balaban J connectivity index is 1.66. The van der Waals surface area contributed by atoms with E-state index in [1.165, 1.54) is 11.3 Å². The van der Waals surface area contributed by atoms with Gasteiger partial charge in [0.25, 0.3) is 0 Å². The second-order valence-corrected chi connectivity index (χ2v) is 10.7. The van der Waals surface area contributed by atoms with E-state index >= 15 is 0 Å². The number of halogens is 4. The summed E-state index contributed by atoms with van der Waals surface area (Å²) >= 11 is 6.90. The van der Waals surface area contributed by atoms with Gasteiger partial charge in [-0.3, -0.25) is 4.79 Å². The van der Waals surface area contributed by atoms with Gasteiger partial charge in [0, 0.05) is 24.4 Å². The fourth-order valence-electron chi connectivity index (χ4n) is 3.21. The van der Waals surface area contributed by atoms with Gasteiger partial charge in [0.2, 0.25) is 15.9 Å². The Morgan fingerprint density at radius 2 is 1.94 bits per heavy atom. The molecule has 12 heteroatoms. The highest BCUT2D eigenvalue weighted by Gasteiger charge is 2.37. The number of anilines is 1. The van der Waals surface area contributed by atoms with E-state index < -0.39 is 37.6 Å². The minimum atomic E-state index is -4.76. The van der Waals surface area contributed by atoms with Gasteiger partial charge in [-0.15, -0.1) is 11.3 Å². The normalized spacial score (nSPS) is 16.6. The fourth-order valence-corrected chi connectivity index (χ4v) is 5.80. The number of nitrogens with one attached hydrogen (secondary N) is 1. The Labute approximate surface area is 187 Å². The molecule has 31 heavy (non-hydrogen) atoms. The first-order chi connectivity index (χ1) is 14.4. The van der Waals surface area contributed by atoms with Gasteiger partial charge in [0.15, 0.2) is 5.13 Å². The smallest absolute Gasteiger partial charge is 0.302 e. The zero-order chi connectivity index (χ0) is 23.0. The van der Waals surface area contributed by atoms with Crippen LogP contribution < -0.4 is 5.32 Å². The minimum Gasteiger partial charge on any atom is -0.302 e. The molecular weight excluding hydrogens is 475 g/mol. The van der Waals surface area contributed by atoms with Gasteiger partial charge < -0.3 is 5.32 Å². The molecule has 1 aliphatic rings. The number of piperidine rings is 1. The summed E-state index contributed by atoms with van der Waals surface area (Å²) in [4.78, 5) is 16.4. The second kappa shape index (κ2) is 9.05. The molecule has 1 aromatic heterocycles. The summed E-state index contributed by atoms with van der Waals surface area (Å²) in [5.74, 6) is -0.414. The molecule has 0 bridgehead atoms. The Hall–Kier alpha value is -1.69. The molecule has 0 saturated carbocycles. The molecule has 1 aliphatic heterocycles. The summed E-state index contributed by atoms with van der Waals surface area (Å²) in [5, 5.41) is 4.56. The highest BCUT2D eigenvalue weighted by Crippen LogP contribution is 2.37. The van der Waals surface area contributed by atoms with Crippen LogP contribution in [0.4, 0.5) is 18.3 Å². The van der Waals surface area contributed by atoms with Crippen LogP contribution in [0.5, 0.6) is 0 Å². The summed E-state index contributed by atoms with van der Waals surface area (Å²) in [6.07, 6.45) is -4.25. The molecule has 1 amide bonds. The number of carbonyl (C=O) groups excluding carboxylic acids is 1. The van der Waals surface area contributed by atoms with E-state index in [0.717, 1.165) is 22.1 Å². The van der Waals surface area contributed by atoms with Crippen LogP contribution in [0.25, 0.3) is 0 Å². The molecule has 1 aromatic carbocycles. The monoisotopic (exact) mass is 495 g/mol. The van der Waals surface area contributed by atoms with Crippen LogP contribution in [-0.2, 0) is 21.0 Å². The molecule has 0 aliphatic carbocycles. The third-order valence-electron chi connectivity index (χ3n) is 5.05. The molecule has 170 valence electrons. The summed E-state index contributed by atoms with van der Waals surface area (Å²) in [5.41, 5.74) is -0.323. The van der Waals surface area contributed by atoms with Gasteiger partial charge in [-0.2, -0.15) is 17.5 Å². The van der Waals surface area contributed by atoms with E-state index in [9.17, 15) is 26.4 Å². The summed E-state index contributed by atoms with van der Waals surface area (Å²) in [6.45, 7) is 4.04. The maximum Gasteiger partial charge on any atom is 0.417 e. The van der Waals surface area contributed by atoms with Crippen molar-refractivity contribution in [2.24, 2.45) is 5.92 Å². The van der Waals surface area contributed by atoms with Gasteiger partial charge in [0.05, 0.1) is 21.2 Å². The highest BCUT2D eigenvalue weighted by atomic mass is 35.5. The molecule has 0 spiro atoms. The largest absolute Gasteiger partial charge is 0.417 e. The maximum absolute atomic E-state index is 13.1. The number of hydrogen-bond acceptors (Lipinski definition) is 5. The van der Waals surface area contributed by atoms with Crippen molar-refractivity contribution in [2.45, 2.75) is 43.7 Å². The number of hydrogen-bond donors (Lipinski definition) is 1. The van der Waals surface area contributed by atoms with Crippen LogP contribution in [0.15, 0.2) is 28.5 Å². The average Bonchev–Trinajstić information content (AvgIpc) is 3.16. The zero-order valence-electron chi connectivity index (χ0n) is 16.7. The maximum atomic E-state index is 13.1. The number of aromatic nitrogens is 1. The standard InChI is InChI=1S/C19H21ClF3N3O3S2/c1-11(2)16-10-30-18(24-16)25-17(27)12-5-7-26(8-6-12)31(28,29)13-3-4-15(20)14(9-13)19(21,22)23/h3-4,9-12H,5-8H2,1-2H3,(H,24,25,27). The molecule has 2 heterocycles. The number of alkyl halides is 3. The average molecular weight is 496 g/mol. The first-order valence-corrected chi connectivity index (χ1v) is 12.2. The van der Waals surface area contributed by atoms with Crippen LogP contribution >= 0.6 is 22.9 Å². The predicted octanol–water partition coefficient (Wildman–Crippen LogP) is 4.98. The van der Waals surface area contributed by atoms with E-state index in [1.54, 1.807) is 0 Å². The lowest BCUT2D eigenvalue weighted by Crippen LogP contribution is -2.41. The van der Waals surface area contributed by atoms with Crippen LogP contribution in [0.2, 0.25) is 5.02 Å². The Morgan fingerprint density at radius 1 is 1.29 bits per heavy atom. The number of nitrogens with zero attached hydrogens (tertiary/aromatic N) is 2. The van der Waals surface area contributed by atoms with Gasteiger partial charge in [0.1, 0.15) is 0 Å². The van der Waals surface area contributed by atoms with Crippen molar-refractivity contribution in [1.82, 2.24) is 9.29 Å². The first kappa shape index (κ1) is 24.0. The van der Waals surface area contributed by atoms with Crippen LogP contribution in [0.3, 0.4) is 0 Å². The molecule has 1 saturated heterocycles. The molecule has 0 radical (unpaired) electrons. The van der Waals surface area contributed by atoms with Crippen molar-refractivity contribution >= 4 is 44.0 Å². The van der Waals surface area contributed by atoms with Gasteiger partial charge in [-0.25, -0.2) is 13.4 Å².